The van der Waals surface area contributed by atoms with Crippen LogP contribution in [0.5, 0.6) is 0 Å². The summed E-state index contributed by atoms with van der Waals surface area (Å²) in [6.45, 7) is 10.1. The van der Waals surface area contributed by atoms with Gasteiger partial charge in [0.25, 0.3) is 6.01 Å². The highest BCUT2D eigenvalue weighted by Crippen LogP contribution is 2.08. The van der Waals surface area contributed by atoms with Crippen molar-refractivity contribution >= 4 is 6.01 Å². The fraction of sp³-hybridized carbons (Fsp3) is 0.727. The molecule has 0 unspecified atom stereocenters. The Morgan fingerprint density at radius 2 is 2.13 bits per heavy atom. The Morgan fingerprint density at radius 1 is 1.40 bits per heavy atom. The molecule has 0 saturated heterocycles. The van der Waals surface area contributed by atoms with Crippen molar-refractivity contribution in [1.29, 1.82) is 0 Å². The van der Waals surface area contributed by atoms with Crippen molar-refractivity contribution in [1.82, 2.24) is 10.3 Å². The van der Waals surface area contributed by atoms with Crippen molar-refractivity contribution < 1.29 is 4.42 Å². The van der Waals surface area contributed by atoms with Crippen molar-refractivity contribution in [2.75, 3.05) is 11.9 Å². The number of aromatic nitrogens is 1. The first-order valence-corrected chi connectivity index (χ1v) is 5.44. The number of hydrogen-bond donors (Lipinski definition) is 2. The topological polar surface area (TPSA) is 50.1 Å². The lowest BCUT2D eigenvalue weighted by Crippen LogP contribution is -2.35. The van der Waals surface area contributed by atoms with Crippen LogP contribution in [0.1, 0.15) is 39.8 Å². The molecule has 4 heteroatoms. The molecule has 2 N–H and O–H groups in total. The van der Waals surface area contributed by atoms with E-state index in [-0.39, 0.29) is 5.54 Å². The summed E-state index contributed by atoms with van der Waals surface area (Å²) in [6.07, 6.45) is 2.76. The number of hydrogen-bond acceptors (Lipinski definition) is 4. The zero-order valence-corrected chi connectivity index (χ0v) is 10.1. The molecule has 0 aromatic carbocycles. The predicted octanol–water partition coefficient (Wildman–Crippen LogP) is 2.38. The number of nitrogens with zero attached hydrogens (tertiary/aromatic N) is 1. The highest BCUT2D eigenvalue weighted by Gasteiger charge is 2.10. The summed E-state index contributed by atoms with van der Waals surface area (Å²) in [7, 11) is 0. The van der Waals surface area contributed by atoms with Crippen LogP contribution in [0.3, 0.4) is 0 Å². The number of anilines is 1. The van der Waals surface area contributed by atoms with E-state index in [0.29, 0.717) is 6.01 Å². The fourth-order valence-electron chi connectivity index (χ4n) is 1.06. The third kappa shape index (κ3) is 4.83. The molecule has 0 saturated carbocycles. The predicted molar refractivity (Wildman–Crippen MR) is 61.9 cm³/mol. The van der Waals surface area contributed by atoms with E-state index in [1.54, 1.807) is 6.26 Å². The Balaban J connectivity index is 2.39. The average molecular weight is 211 g/mol. The molecule has 1 heterocycles. The van der Waals surface area contributed by atoms with Crippen molar-refractivity contribution in [2.45, 2.75) is 46.2 Å². The molecule has 15 heavy (non-hydrogen) atoms. The van der Waals surface area contributed by atoms with Crippen LogP contribution in [0.25, 0.3) is 0 Å². The van der Waals surface area contributed by atoms with Crippen LogP contribution in [0, 0.1) is 0 Å². The third-order valence-electron chi connectivity index (χ3n) is 1.88. The molecule has 0 atom stereocenters. The summed E-state index contributed by atoms with van der Waals surface area (Å²) in [6, 6.07) is 0.613. The molecule has 0 radical (unpaired) electrons. The average Bonchev–Trinajstić information content (AvgIpc) is 2.58. The van der Waals surface area contributed by atoms with Crippen LogP contribution < -0.4 is 10.6 Å². The number of rotatable bonds is 5. The van der Waals surface area contributed by atoms with E-state index in [2.05, 4.69) is 43.3 Å². The highest BCUT2D eigenvalue weighted by molar-refractivity contribution is 5.20. The van der Waals surface area contributed by atoms with E-state index in [0.717, 1.165) is 25.2 Å². The second kappa shape index (κ2) is 5.16. The monoisotopic (exact) mass is 211 g/mol. The Hall–Kier alpha value is -1.03. The van der Waals surface area contributed by atoms with Gasteiger partial charge in [0.15, 0.2) is 0 Å². The van der Waals surface area contributed by atoms with Crippen molar-refractivity contribution in [3.05, 3.63) is 12.0 Å². The standard InChI is InChI=1S/C11H21N3O/c1-5-6-12-10-14-9(8-15-10)7-13-11(2,3)4/h8,13H,5-7H2,1-4H3,(H,12,14). The summed E-state index contributed by atoms with van der Waals surface area (Å²) in [5.74, 6) is 0. The second-order valence-corrected chi connectivity index (χ2v) is 4.67. The Kier molecular flexibility index (Phi) is 4.15. The lowest BCUT2D eigenvalue weighted by Gasteiger charge is -2.19. The van der Waals surface area contributed by atoms with Crippen molar-refractivity contribution in [2.24, 2.45) is 0 Å². The first-order chi connectivity index (χ1) is 7.01. The fourth-order valence-corrected chi connectivity index (χ4v) is 1.06. The molecular formula is C11H21N3O. The van der Waals surface area contributed by atoms with E-state index >= 15 is 0 Å². The molecule has 1 rings (SSSR count). The van der Waals surface area contributed by atoms with Gasteiger partial charge in [0.1, 0.15) is 6.26 Å². The first-order valence-electron chi connectivity index (χ1n) is 5.44. The van der Waals surface area contributed by atoms with Crippen molar-refractivity contribution in [3.63, 3.8) is 0 Å². The van der Waals surface area contributed by atoms with E-state index in [4.69, 9.17) is 4.42 Å². The maximum absolute atomic E-state index is 5.27. The molecule has 0 spiro atoms. The summed E-state index contributed by atoms with van der Waals surface area (Å²) < 4.78 is 5.27. The van der Waals surface area contributed by atoms with Gasteiger partial charge in [-0.2, -0.15) is 4.98 Å². The molecule has 0 aliphatic heterocycles. The molecule has 1 aromatic heterocycles. The van der Waals surface area contributed by atoms with E-state index in [9.17, 15) is 0 Å². The molecule has 0 fully saturated rings. The van der Waals surface area contributed by atoms with Crippen LogP contribution in [-0.4, -0.2) is 17.1 Å². The minimum absolute atomic E-state index is 0.107. The normalized spacial score (nSPS) is 11.7. The van der Waals surface area contributed by atoms with Gasteiger partial charge in [-0.25, -0.2) is 0 Å². The molecule has 0 bridgehead atoms. The van der Waals surface area contributed by atoms with Crippen molar-refractivity contribution in [3.8, 4) is 0 Å². The van der Waals surface area contributed by atoms with Crippen LogP contribution in [0.4, 0.5) is 6.01 Å². The largest absolute Gasteiger partial charge is 0.432 e. The Labute approximate surface area is 91.5 Å². The van der Waals surface area contributed by atoms with Crippen LogP contribution in [-0.2, 0) is 6.54 Å². The lowest BCUT2D eigenvalue weighted by atomic mass is 10.1. The maximum Gasteiger partial charge on any atom is 0.294 e. The maximum atomic E-state index is 5.27. The second-order valence-electron chi connectivity index (χ2n) is 4.67. The quantitative estimate of drug-likeness (QED) is 0.785. The minimum atomic E-state index is 0.107. The summed E-state index contributed by atoms with van der Waals surface area (Å²) in [5, 5.41) is 6.46. The summed E-state index contributed by atoms with van der Waals surface area (Å²) in [5.41, 5.74) is 1.04. The minimum Gasteiger partial charge on any atom is -0.432 e. The molecule has 0 aliphatic rings. The lowest BCUT2D eigenvalue weighted by molar-refractivity contribution is 0.421. The zero-order valence-electron chi connectivity index (χ0n) is 10.1. The van der Waals surface area contributed by atoms with Crippen LogP contribution in [0.2, 0.25) is 0 Å². The number of oxazole rings is 1. The van der Waals surface area contributed by atoms with Gasteiger partial charge in [0, 0.05) is 18.6 Å². The van der Waals surface area contributed by atoms with Gasteiger partial charge < -0.3 is 15.1 Å². The molecule has 1 aromatic rings. The van der Waals surface area contributed by atoms with Gasteiger partial charge in [-0.15, -0.1) is 0 Å². The van der Waals surface area contributed by atoms with Gasteiger partial charge in [-0.3, -0.25) is 0 Å². The Morgan fingerprint density at radius 3 is 2.73 bits per heavy atom. The van der Waals surface area contributed by atoms with Gasteiger partial charge in [-0.05, 0) is 27.2 Å². The van der Waals surface area contributed by atoms with E-state index in [1.165, 1.54) is 0 Å². The van der Waals surface area contributed by atoms with E-state index < -0.39 is 0 Å². The molecule has 0 amide bonds. The molecular weight excluding hydrogens is 190 g/mol. The SMILES string of the molecule is CCCNc1nc(CNC(C)(C)C)co1. The van der Waals surface area contributed by atoms with Gasteiger partial charge in [-0.1, -0.05) is 6.92 Å². The molecule has 0 aliphatic carbocycles. The van der Waals surface area contributed by atoms with Gasteiger partial charge in [0.2, 0.25) is 0 Å². The third-order valence-corrected chi connectivity index (χ3v) is 1.88. The highest BCUT2D eigenvalue weighted by atomic mass is 16.4. The zero-order chi connectivity index (χ0) is 11.3. The van der Waals surface area contributed by atoms with Crippen LogP contribution >= 0.6 is 0 Å². The smallest absolute Gasteiger partial charge is 0.294 e. The van der Waals surface area contributed by atoms with Gasteiger partial charge in [0.05, 0.1) is 5.69 Å². The number of nitrogens with one attached hydrogen (secondary N) is 2. The van der Waals surface area contributed by atoms with Gasteiger partial charge >= 0.3 is 0 Å². The summed E-state index contributed by atoms with van der Waals surface area (Å²) in [4.78, 5) is 4.31. The van der Waals surface area contributed by atoms with E-state index in [1.807, 2.05) is 0 Å². The summed E-state index contributed by atoms with van der Waals surface area (Å²) >= 11 is 0. The molecule has 4 nitrogen and oxygen atoms in total. The molecule has 86 valence electrons. The first kappa shape index (κ1) is 12.0. The Bertz CT molecular complexity index is 288. The van der Waals surface area contributed by atoms with Crippen LogP contribution in [0.15, 0.2) is 10.7 Å².